The second-order valence-corrected chi connectivity index (χ2v) is 2.57. The number of ether oxygens (including phenoxy) is 1. The lowest BCUT2D eigenvalue weighted by Crippen LogP contribution is -2.10. The van der Waals surface area contributed by atoms with Gasteiger partial charge >= 0.3 is 0 Å². The Morgan fingerprint density at radius 1 is 1.50 bits per heavy atom. The van der Waals surface area contributed by atoms with Crippen molar-refractivity contribution < 1.29 is 4.74 Å². The minimum absolute atomic E-state index is 0.450. The van der Waals surface area contributed by atoms with Crippen LogP contribution in [0.4, 0.5) is 5.69 Å². The summed E-state index contributed by atoms with van der Waals surface area (Å²) < 4.78 is 5.12. The van der Waals surface area contributed by atoms with Crippen LogP contribution < -0.4 is 15.8 Å². The highest BCUT2D eigenvalue weighted by molar-refractivity contribution is 5.50. The summed E-state index contributed by atoms with van der Waals surface area (Å²) in [6.07, 6.45) is 0. The summed E-state index contributed by atoms with van der Waals surface area (Å²) in [6.45, 7) is 2.45. The van der Waals surface area contributed by atoms with Gasteiger partial charge in [-0.2, -0.15) is 0 Å². The zero-order chi connectivity index (χ0) is 8.97. The van der Waals surface area contributed by atoms with Gasteiger partial charge in [-0.15, -0.1) is 0 Å². The van der Waals surface area contributed by atoms with Gasteiger partial charge in [0, 0.05) is 5.69 Å². The average molecular weight is 166 g/mol. The Morgan fingerprint density at radius 3 is 2.75 bits per heavy atom. The van der Waals surface area contributed by atoms with Gasteiger partial charge in [-0.3, -0.25) is 0 Å². The Labute approximate surface area is 72.5 Å². The summed E-state index contributed by atoms with van der Waals surface area (Å²) in [7, 11) is 1.67. The van der Waals surface area contributed by atoms with Crippen molar-refractivity contribution in [2.45, 2.75) is 6.92 Å². The van der Waals surface area contributed by atoms with Gasteiger partial charge in [-0.1, -0.05) is 0 Å². The predicted molar refractivity (Wildman–Crippen MR) is 50.4 cm³/mol. The number of hydrogen-bond acceptors (Lipinski definition) is 3. The maximum absolute atomic E-state index is 5.34. The molecule has 0 aliphatic heterocycles. The molecule has 0 aliphatic rings. The summed E-state index contributed by atoms with van der Waals surface area (Å²) in [4.78, 5) is 0. The van der Waals surface area contributed by atoms with Crippen LogP contribution in [0, 0.1) is 6.92 Å². The molecule has 0 fully saturated rings. The molecule has 12 heavy (non-hydrogen) atoms. The molecule has 3 N–H and O–H groups in total. The first-order chi connectivity index (χ1) is 5.77. The van der Waals surface area contributed by atoms with Crippen LogP contribution in [0.25, 0.3) is 0 Å². The quantitative estimate of drug-likeness (QED) is 0.666. The molecule has 0 spiro atoms. The van der Waals surface area contributed by atoms with Gasteiger partial charge in [0.2, 0.25) is 0 Å². The summed E-state index contributed by atoms with van der Waals surface area (Å²) >= 11 is 0. The number of anilines is 1. The van der Waals surface area contributed by atoms with E-state index in [4.69, 9.17) is 10.5 Å². The second kappa shape index (κ2) is 3.97. The largest absolute Gasteiger partial charge is 0.496 e. The van der Waals surface area contributed by atoms with Gasteiger partial charge < -0.3 is 15.8 Å². The van der Waals surface area contributed by atoms with Crippen LogP contribution in [0.1, 0.15) is 5.56 Å². The van der Waals surface area contributed by atoms with Crippen molar-refractivity contribution in [2.24, 2.45) is 5.73 Å². The average Bonchev–Trinajstić information content (AvgIpc) is 2.05. The van der Waals surface area contributed by atoms with Crippen molar-refractivity contribution in [2.75, 3.05) is 19.1 Å². The van der Waals surface area contributed by atoms with Crippen molar-refractivity contribution in [1.29, 1.82) is 0 Å². The van der Waals surface area contributed by atoms with Crippen molar-refractivity contribution in [3.63, 3.8) is 0 Å². The molecule has 1 rings (SSSR count). The van der Waals surface area contributed by atoms with Crippen LogP contribution in [0.3, 0.4) is 0 Å². The van der Waals surface area contributed by atoms with E-state index in [0.717, 1.165) is 17.0 Å². The molecule has 0 aliphatic carbocycles. The molecular formula is C9H14N2O. The van der Waals surface area contributed by atoms with Crippen molar-refractivity contribution in [3.8, 4) is 5.75 Å². The second-order valence-electron chi connectivity index (χ2n) is 2.57. The van der Waals surface area contributed by atoms with Crippen LogP contribution in [0.2, 0.25) is 0 Å². The van der Waals surface area contributed by atoms with Gasteiger partial charge in [0.15, 0.2) is 0 Å². The van der Waals surface area contributed by atoms with E-state index in [1.165, 1.54) is 0 Å². The highest BCUT2D eigenvalue weighted by Crippen LogP contribution is 2.20. The van der Waals surface area contributed by atoms with Gasteiger partial charge in [0.05, 0.1) is 13.8 Å². The zero-order valence-corrected chi connectivity index (χ0v) is 7.42. The monoisotopic (exact) mass is 166 g/mol. The number of methoxy groups -OCH3 is 1. The highest BCUT2D eigenvalue weighted by Gasteiger charge is 1.97. The van der Waals surface area contributed by atoms with Crippen LogP contribution in [0.5, 0.6) is 5.75 Å². The molecule has 66 valence electrons. The number of nitrogens with one attached hydrogen (secondary N) is 1. The molecular weight excluding hydrogens is 152 g/mol. The van der Waals surface area contributed by atoms with E-state index in [0.29, 0.717) is 6.67 Å². The predicted octanol–water partition coefficient (Wildman–Crippen LogP) is 1.33. The summed E-state index contributed by atoms with van der Waals surface area (Å²) in [6, 6.07) is 5.87. The molecule has 0 unspecified atom stereocenters. The lowest BCUT2D eigenvalue weighted by atomic mass is 10.2. The minimum atomic E-state index is 0.450. The van der Waals surface area contributed by atoms with Gasteiger partial charge in [-0.25, -0.2) is 0 Å². The number of hydrogen-bond donors (Lipinski definition) is 2. The van der Waals surface area contributed by atoms with Crippen molar-refractivity contribution in [3.05, 3.63) is 23.8 Å². The third-order valence-corrected chi connectivity index (χ3v) is 1.70. The standard InChI is InChI=1S/C9H14N2O/c1-7-5-8(11-6-10)3-4-9(7)12-2/h3-5,11H,6,10H2,1-2H3. The fourth-order valence-corrected chi connectivity index (χ4v) is 1.11. The number of aryl methyl sites for hydroxylation is 1. The third-order valence-electron chi connectivity index (χ3n) is 1.70. The molecule has 0 radical (unpaired) electrons. The molecule has 0 aromatic heterocycles. The summed E-state index contributed by atoms with van der Waals surface area (Å²) in [5.41, 5.74) is 7.47. The molecule has 0 heterocycles. The Morgan fingerprint density at radius 2 is 2.25 bits per heavy atom. The lowest BCUT2D eigenvalue weighted by molar-refractivity contribution is 0.412. The molecule has 1 aromatic carbocycles. The maximum Gasteiger partial charge on any atom is 0.121 e. The van der Waals surface area contributed by atoms with Gasteiger partial charge in [-0.05, 0) is 30.7 Å². The van der Waals surface area contributed by atoms with Crippen LogP contribution in [0.15, 0.2) is 18.2 Å². The molecule has 0 bridgehead atoms. The van der Waals surface area contributed by atoms with E-state index in [1.54, 1.807) is 7.11 Å². The van der Waals surface area contributed by atoms with E-state index in [9.17, 15) is 0 Å². The molecule has 3 nitrogen and oxygen atoms in total. The molecule has 0 atom stereocenters. The van der Waals surface area contributed by atoms with Gasteiger partial charge in [0.1, 0.15) is 5.75 Å². The Hall–Kier alpha value is -1.22. The number of benzene rings is 1. The van der Waals surface area contributed by atoms with Crippen LogP contribution in [-0.2, 0) is 0 Å². The number of rotatable bonds is 3. The molecule has 3 heteroatoms. The Kier molecular flexibility index (Phi) is 2.94. The number of nitrogens with two attached hydrogens (primary N) is 1. The van der Waals surface area contributed by atoms with Crippen LogP contribution in [-0.4, -0.2) is 13.8 Å². The smallest absolute Gasteiger partial charge is 0.121 e. The minimum Gasteiger partial charge on any atom is -0.496 e. The van der Waals surface area contributed by atoms with Crippen LogP contribution >= 0.6 is 0 Å². The first kappa shape index (κ1) is 8.87. The first-order valence-electron chi connectivity index (χ1n) is 3.86. The fraction of sp³-hybridized carbons (Fsp3) is 0.333. The first-order valence-corrected chi connectivity index (χ1v) is 3.86. The fourth-order valence-electron chi connectivity index (χ4n) is 1.11. The molecule has 0 saturated carbocycles. The normalized spacial score (nSPS) is 9.58. The molecule has 0 saturated heterocycles. The van der Waals surface area contributed by atoms with E-state index in [-0.39, 0.29) is 0 Å². The Balaban J connectivity index is 2.86. The van der Waals surface area contributed by atoms with E-state index >= 15 is 0 Å². The SMILES string of the molecule is COc1ccc(NCN)cc1C. The molecule has 1 aromatic rings. The third kappa shape index (κ3) is 1.89. The van der Waals surface area contributed by atoms with E-state index in [1.807, 2.05) is 25.1 Å². The van der Waals surface area contributed by atoms with Gasteiger partial charge in [0.25, 0.3) is 0 Å². The van der Waals surface area contributed by atoms with E-state index in [2.05, 4.69) is 5.32 Å². The zero-order valence-electron chi connectivity index (χ0n) is 7.42. The maximum atomic E-state index is 5.34. The van der Waals surface area contributed by atoms with Crippen molar-refractivity contribution in [1.82, 2.24) is 0 Å². The Bertz CT molecular complexity index is 261. The van der Waals surface area contributed by atoms with E-state index < -0.39 is 0 Å². The van der Waals surface area contributed by atoms with Crippen molar-refractivity contribution >= 4 is 5.69 Å². The topological polar surface area (TPSA) is 47.3 Å². The highest BCUT2D eigenvalue weighted by atomic mass is 16.5. The summed E-state index contributed by atoms with van der Waals surface area (Å²) in [5, 5.41) is 3.02. The molecule has 0 amide bonds. The lowest BCUT2D eigenvalue weighted by Gasteiger charge is -2.07. The summed E-state index contributed by atoms with van der Waals surface area (Å²) in [5.74, 6) is 0.901.